The third-order valence-corrected chi connectivity index (χ3v) is 4.87. The van der Waals surface area contributed by atoms with Crippen LogP contribution in [0.4, 0.5) is 5.82 Å². The van der Waals surface area contributed by atoms with E-state index in [4.69, 9.17) is 9.47 Å². The smallest absolute Gasteiger partial charge is 0.194 e. The first-order valence-electron chi connectivity index (χ1n) is 10.1. The summed E-state index contributed by atoms with van der Waals surface area (Å²) in [6.07, 6.45) is 2.73. The Hall–Kier alpha value is -2.07. The number of nitrogens with zero attached hydrogens (tertiary/aromatic N) is 4. The molecule has 0 spiro atoms. The normalized spacial score (nSPS) is 14.3. The van der Waals surface area contributed by atoms with Crippen LogP contribution in [0.25, 0.3) is 0 Å². The Bertz CT molecular complexity index is 767. The van der Waals surface area contributed by atoms with Gasteiger partial charge in [-0.25, -0.2) is 4.98 Å². The number of ether oxygens (including phenoxy) is 2. The van der Waals surface area contributed by atoms with E-state index in [-0.39, 0.29) is 24.0 Å². The van der Waals surface area contributed by atoms with Crippen LogP contribution in [-0.2, 0) is 11.3 Å². The highest BCUT2D eigenvalue weighted by Gasteiger charge is 2.20. The molecular weight excluding hydrogens is 493 g/mol. The maximum atomic E-state index is 5.79. The van der Waals surface area contributed by atoms with Gasteiger partial charge in [-0.15, -0.1) is 24.0 Å². The summed E-state index contributed by atoms with van der Waals surface area (Å²) in [4.78, 5) is 13.5. The van der Waals surface area contributed by atoms with Gasteiger partial charge < -0.3 is 24.6 Å². The van der Waals surface area contributed by atoms with Crippen molar-refractivity contribution in [2.45, 2.75) is 13.0 Å². The fraction of sp³-hybridized carbons (Fsp3) is 0.455. The number of hydrogen-bond donors (Lipinski definition) is 1. The highest BCUT2D eigenvalue weighted by atomic mass is 127. The van der Waals surface area contributed by atoms with Crippen molar-refractivity contribution < 1.29 is 9.47 Å². The quantitative estimate of drug-likeness (QED) is 0.248. The van der Waals surface area contributed by atoms with Crippen LogP contribution in [0.1, 0.15) is 12.0 Å². The number of guanidine groups is 1. The first-order chi connectivity index (χ1) is 14.3. The molecule has 1 saturated heterocycles. The lowest BCUT2D eigenvalue weighted by Crippen LogP contribution is -2.52. The second kappa shape index (κ2) is 13.3. The fourth-order valence-corrected chi connectivity index (χ4v) is 3.34. The van der Waals surface area contributed by atoms with Gasteiger partial charge in [0, 0.05) is 66.1 Å². The monoisotopic (exact) mass is 525 g/mol. The largest absolute Gasteiger partial charge is 0.493 e. The van der Waals surface area contributed by atoms with Crippen molar-refractivity contribution in [3.8, 4) is 5.75 Å². The topological polar surface area (TPSA) is 62.2 Å². The van der Waals surface area contributed by atoms with Crippen LogP contribution in [0.3, 0.4) is 0 Å². The summed E-state index contributed by atoms with van der Waals surface area (Å²) >= 11 is 0. The molecule has 164 valence electrons. The number of aromatic nitrogens is 1. The van der Waals surface area contributed by atoms with Crippen LogP contribution in [0.5, 0.6) is 5.75 Å². The van der Waals surface area contributed by atoms with Crippen molar-refractivity contribution in [2.75, 3.05) is 58.5 Å². The van der Waals surface area contributed by atoms with Gasteiger partial charge >= 0.3 is 0 Å². The molecule has 0 saturated carbocycles. The summed E-state index contributed by atoms with van der Waals surface area (Å²) in [6, 6.07) is 14.2. The number of benzene rings is 1. The predicted octanol–water partition coefficient (Wildman–Crippen LogP) is 3.01. The molecule has 2 heterocycles. The highest BCUT2D eigenvalue weighted by Crippen LogP contribution is 2.15. The molecule has 0 bridgehead atoms. The number of anilines is 1. The number of hydrogen-bond acceptors (Lipinski definition) is 5. The van der Waals surface area contributed by atoms with Gasteiger partial charge in [-0.3, -0.25) is 4.99 Å². The Balaban J connectivity index is 0.00000320. The summed E-state index contributed by atoms with van der Waals surface area (Å²) in [5, 5.41) is 3.48. The Morgan fingerprint density at radius 1 is 1.10 bits per heavy atom. The van der Waals surface area contributed by atoms with Gasteiger partial charge in [-0.05, 0) is 29.8 Å². The van der Waals surface area contributed by atoms with E-state index in [2.05, 4.69) is 43.3 Å². The summed E-state index contributed by atoms with van der Waals surface area (Å²) in [5.74, 6) is 2.86. The lowest BCUT2D eigenvalue weighted by Gasteiger charge is -2.37. The second-order valence-electron chi connectivity index (χ2n) is 6.91. The van der Waals surface area contributed by atoms with Crippen LogP contribution in [0, 0.1) is 0 Å². The van der Waals surface area contributed by atoms with Crippen molar-refractivity contribution in [1.82, 2.24) is 15.2 Å². The van der Waals surface area contributed by atoms with Crippen LogP contribution < -0.4 is 15.0 Å². The molecule has 0 atom stereocenters. The number of rotatable bonds is 8. The minimum atomic E-state index is 0. The molecule has 2 aromatic rings. The van der Waals surface area contributed by atoms with Gasteiger partial charge in [0.2, 0.25) is 0 Å². The molecule has 1 fully saturated rings. The van der Waals surface area contributed by atoms with E-state index in [1.54, 1.807) is 7.11 Å². The molecule has 1 N–H and O–H groups in total. The van der Waals surface area contributed by atoms with E-state index in [9.17, 15) is 0 Å². The van der Waals surface area contributed by atoms with Crippen LogP contribution in [0.15, 0.2) is 53.7 Å². The maximum absolute atomic E-state index is 5.79. The third kappa shape index (κ3) is 7.32. The maximum Gasteiger partial charge on any atom is 0.194 e. The molecule has 3 rings (SSSR count). The Morgan fingerprint density at radius 3 is 2.63 bits per heavy atom. The van der Waals surface area contributed by atoms with Gasteiger partial charge in [0.25, 0.3) is 0 Å². The fourth-order valence-electron chi connectivity index (χ4n) is 3.34. The molecule has 0 amide bonds. The van der Waals surface area contributed by atoms with Crippen LogP contribution in [0.2, 0.25) is 0 Å². The second-order valence-corrected chi connectivity index (χ2v) is 6.91. The van der Waals surface area contributed by atoms with Crippen molar-refractivity contribution in [1.29, 1.82) is 0 Å². The van der Waals surface area contributed by atoms with Gasteiger partial charge in [0.15, 0.2) is 5.96 Å². The first kappa shape index (κ1) is 24.2. The van der Waals surface area contributed by atoms with Crippen molar-refractivity contribution in [2.24, 2.45) is 4.99 Å². The molecule has 0 radical (unpaired) electrons. The molecule has 1 aliphatic rings. The molecule has 0 unspecified atom stereocenters. The van der Waals surface area contributed by atoms with Crippen molar-refractivity contribution in [3.05, 3.63) is 54.2 Å². The van der Waals surface area contributed by atoms with Gasteiger partial charge in [-0.2, -0.15) is 0 Å². The van der Waals surface area contributed by atoms with E-state index in [0.29, 0.717) is 19.8 Å². The lowest BCUT2D eigenvalue weighted by molar-refractivity contribution is 0.172. The number of nitrogens with one attached hydrogen (secondary N) is 1. The Kier molecular flexibility index (Phi) is 10.7. The Labute approximate surface area is 196 Å². The summed E-state index contributed by atoms with van der Waals surface area (Å²) in [7, 11) is 3.54. The van der Waals surface area contributed by atoms with Gasteiger partial charge in [0.05, 0.1) is 6.61 Å². The number of methoxy groups -OCH3 is 1. The number of halogens is 1. The number of aliphatic imine (C=N–C) groups is 1. The minimum absolute atomic E-state index is 0. The average molecular weight is 525 g/mol. The molecular formula is C22H32IN5O2. The molecule has 8 heteroatoms. The van der Waals surface area contributed by atoms with Gasteiger partial charge in [0.1, 0.15) is 11.6 Å². The molecule has 0 aliphatic carbocycles. The highest BCUT2D eigenvalue weighted by molar-refractivity contribution is 14.0. The van der Waals surface area contributed by atoms with Crippen molar-refractivity contribution >= 4 is 35.8 Å². The predicted molar refractivity (Wildman–Crippen MR) is 132 cm³/mol. The molecule has 1 aliphatic heterocycles. The average Bonchev–Trinajstić information content (AvgIpc) is 2.78. The molecule has 1 aromatic carbocycles. The van der Waals surface area contributed by atoms with Crippen LogP contribution >= 0.6 is 24.0 Å². The van der Waals surface area contributed by atoms with E-state index < -0.39 is 0 Å². The van der Waals surface area contributed by atoms with Gasteiger partial charge in [-0.1, -0.05) is 18.2 Å². The zero-order valence-electron chi connectivity index (χ0n) is 17.8. The SMILES string of the molecule is CN=C(NCc1cccc(OCCCOC)c1)N1CCN(c2ccccn2)CC1.I. The summed E-state index contributed by atoms with van der Waals surface area (Å²) < 4.78 is 10.8. The Morgan fingerprint density at radius 2 is 1.93 bits per heavy atom. The van der Waals surface area contributed by atoms with Crippen LogP contribution in [-0.4, -0.2) is 69.4 Å². The number of pyridine rings is 1. The number of piperazine rings is 1. The van der Waals surface area contributed by atoms with Crippen molar-refractivity contribution in [3.63, 3.8) is 0 Å². The summed E-state index contributed by atoms with van der Waals surface area (Å²) in [5.41, 5.74) is 1.17. The van der Waals surface area contributed by atoms with E-state index in [1.807, 2.05) is 37.5 Å². The van der Waals surface area contributed by atoms with E-state index >= 15 is 0 Å². The third-order valence-electron chi connectivity index (χ3n) is 4.87. The summed E-state index contributed by atoms with van der Waals surface area (Å²) in [6.45, 7) is 5.78. The minimum Gasteiger partial charge on any atom is -0.493 e. The molecule has 30 heavy (non-hydrogen) atoms. The zero-order valence-corrected chi connectivity index (χ0v) is 20.1. The molecule has 7 nitrogen and oxygen atoms in total. The van der Waals surface area contributed by atoms with E-state index in [1.165, 1.54) is 5.56 Å². The zero-order chi connectivity index (χ0) is 20.3. The molecule has 1 aromatic heterocycles. The lowest BCUT2D eigenvalue weighted by atomic mass is 10.2. The first-order valence-corrected chi connectivity index (χ1v) is 10.1. The van der Waals surface area contributed by atoms with E-state index in [0.717, 1.165) is 50.1 Å². The standard InChI is InChI=1S/C22H31N5O2.HI/c1-23-22(27-13-11-26(12-14-27)21-9-3-4-10-24-21)25-18-19-7-5-8-20(17-19)29-16-6-15-28-2;/h3-5,7-10,17H,6,11-16,18H2,1-2H3,(H,23,25);1H.